The maximum absolute atomic E-state index is 13.9. The third-order valence-electron chi connectivity index (χ3n) is 3.42. The quantitative estimate of drug-likeness (QED) is 0.794. The summed E-state index contributed by atoms with van der Waals surface area (Å²) in [7, 11) is 1.35. The molecular weight excluding hydrogens is 221 g/mol. The molecule has 1 aromatic rings. The molecular formula is C13H16FNO2. The largest absolute Gasteiger partial charge is 0.468 e. The SMILES string of the molecule is COC(=O)C1(c2ccccc2F)CCNCC1. The van der Waals surface area contributed by atoms with Crippen molar-refractivity contribution < 1.29 is 13.9 Å². The van der Waals surface area contributed by atoms with E-state index in [9.17, 15) is 9.18 Å². The molecule has 3 nitrogen and oxygen atoms in total. The first-order valence-electron chi connectivity index (χ1n) is 5.75. The molecule has 0 unspecified atom stereocenters. The van der Waals surface area contributed by atoms with Gasteiger partial charge in [-0.25, -0.2) is 4.39 Å². The van der Waals surface area contributed by atoms with E-state index < -0.39 is 5.41 Å². The van der Waals surface area contributed by atoms with E-state index in [1.807, 2.05) is 0 Å². The number of halogens is 1. The highest BCUT2D eigenvalue weighted by Crippen LogP contribution is 2.36. The molecule has 0 saturated carbocycles. The van der Waals surface area contributed by atoms with Crippen molar-refractivity contribution in [1.82, 2.24) is 5.32 Å². The van der Waals surface area contributed by atoms with Crippen molar-refractivity contribution in [2.75, 3.05) is 20.2 Å². The molecule has 0 amide bonds. The summed E-state index contributed by atoms with van der Waals surface area (Å²) in [6.07, 6.45) is 1.14. The van der Waals surface area contributed by atoms with E-state index in [1.54, 1.807) is 18.2 Å². The smallest absolute Gasteiger partial charge is 0.316 e. The summed E-state index contributed by atoms with van der Waals surface area (Å²) >= 11 is 0. The Balaban J connectivity index is 2.46. The summed E-state index contributed by atoms with van der Waals surface area (Å²) < 4.78 is 18.8. The van der Waals surface area contributed by atoms with Crippen molar-refractivity contribution in [3.8, 4) is 0 Å². The Bertz CT molecular complexity index is 414. The molecule has 0 atom stereocenters. The summed E-state index contributed by atoms with van der Waals surface area (Å²) in [5.74, 6) is -0.677. The Morgan fingerprint density at radius 2 is 2.00 bits per heavy atom. The first-order valence-corrected chi connectivity index (χ1v) is 5.75. The lowest BCUT2D eigenvalue weighted by Crippen LogP contribution is -2.46. The molecule has 1 N–H and O–H groups in total. The monoisotopic (exact) mass is 237 g/mol. The number of benzene rings is 1. The van der Waals surface area contributed by atoms with Gasteiger partial charge in [-0.2, -0.15) is 0 Å². The second kappa shape index (κ2) is 4.84. The average molecular weight is 237 g/mol. The molecule has 0 spiro atoms. The van der Waals surface area contributed by atoms with Crippen LogP contribution in [0.4, 0.5) is 4.39 Å². The van der Waals surface area contributed by atoms with E-state index in [-0.39, 0.29) is 11.8 Å². The Labute approximate surface area is 100.0 Å². The van der Waals surface area contributed by atoms with Crippen molar-refractivity contribution in [1.29, 1.82) is 0 Å². The highest BCUT2D eigenvalue weighted by molar-refractivity contribution is 5.83. The molecule has 1 aliphatic heterocycles. The second-order valence-corrected chi connectivity index (χ2v) is 4.30. The van der Waals surface area contributed by atoms with Crippen LogP contribution in [0.1, 0.15) is 18.4 Å². The number of ether oxygens (including phenoxy) is 1. The van der Waals surface area contributed by atoms with Crippen LogP contribution >= 0.6 is 0 Å². The Morgan fingerprint density at radius 3 is 2.59 bits per heavy atom. The van der Waals surface area contributed by atoms with Crippen LogP contribution in [-0.2, 0) is 14.9 Å². The minimum atomic E-state index is -0.828. The Kier molecular flexibility index (Phi) is 3.43. The number of piperidine rings is 1. The first-order chi connectivity index (χ1) is 8.20. The van der Waals surface area contributed by atoms with Crippen LogP contribution in [0.15, 0.2) is 24.3 Å². The van der Waals surface area contributed by atoms with Crippen LogP contribution < -0.4 is 5.32 Å². The molecule has 1 saturated heterocycles. The van der Waals surface area contributed by atoms with Gasteiger partial charge < -0.3 is 10.1 Å². The van der Waals surface area contributed by atoms with Gasteiger partial charge in [0.15, 0.2) is 0 Å². The number of nitrogens with one attached hydrogen (secondary N) is 1. The Morgan fingerprint density at radius 1 is 1.35 bits per heavy atom. The average Bonchev–Trinajstić information content (AvgIpc) is 2.39. The summed E-state index contributed by atoms with van der Waals surface area (Å²) in [6.45, 7) is 1.40. The molecule has 1 aromatic carbocycles. The minimum absolute atomic E-state index is 0.334. The topological polar surface area (TPSA) is 38.3 Å². The van der Waals surface area contributed by atoms with Gasteiger partial charge >= 0.3 is 5.97 Å². The van der Waals surface area contributed by atoms with E-state index in [2.05, 4.69) is 5.32 Å². The second-order valence-electron chi connectivity index (χ2n) is 4.30. The molecule has 0 bridgehead atoms. The van der Waals surface area contributed by atoms with Crippen LogP contribution in [0.5, 0.6) is 0 Å². The molecule has 0 aromatic heterocycles. The summed E-state index contributed by atoms with van der Waals surface area (Å²) in [5.41, 5.74) is -0.376. The van der Waals surface area contributed by atoms with Gasteiger partial charge in [-0.05, 0) is 32.0 Å². The van der Waals surface area contributed by atoms with Crippen LogP contribution in [0, 0.1) is 5.82 Å². The lowest BCUT2D eigenvalue weighted by Gasteiger charge is -2.35. The predicted octanol–water partition coefficient (Wildman–Crippen LogP) is 1.62. The highest BCUT2D eigenvalue weighted by atomic mass is 19.1. The zero-order valence-corrected chi connectivity index (χ0v) is 9.83. The van der Waals surface area contributed by atoms with Gasteiger partial charge in [0.1, 0.15) is 5.82 Å². The fraction of sp³-hybridized carbons (Fsp3) is 0.462. The molecule has 2 rings (SSSR count). The van der Waals surface area contributed by atoms with Crippen LogP contribution in [0.25, 0.3) is 0 Å². The van der Waals surface area contributed by atoms with Crippen molar-refractivity contribution in [3.05, 3.63) is 35.6 Å². The molecule has 17 heavy (non-hydrogen) atoms. The van der Waals surface area contributed by atoms with Gasteiger partial charge in [-0.15, -0.1) is 0 Å². The first kappa shape index (κ1) is 12.0. The van der Waals surface area contributed by atoms with E-state index in [1.165, 1.54) is 13.2 Å². The van der Waals surface area contributed by atoms with E-state index in [0.29, 0.717) is 31.5 Å². The van der Waals surface area contributed by atoms with Crippen molar-refractivity contribution in [2.24, 2.45) is 0 Å². The van der Waals surface area contributed by atoms with Gasteiger partial charge in [0.25, 0.3) is 0 Å². The molecule has 4 heteroatoms. The molecule has 1 aliphatic rings. The van der Waals surface area contributed by atoms with Crippen molar-refractivity contribution in [2.45, 2.75) is 18.3 Å². The van der Waals surface area contributed by atoms with E-state index in [0.717, 1.165) is 0 Å². The fourth-order valence-electron chi connectivity index (χ4n) is 2.48. The van der Waals surface area contributed by atoms with Gasteiger partial charge in [-0.3, -0.25) is 4.79 Å². The van der Waals surface area contributed by atoms with E-state index in [4.69, 9.17) is 4.74 Å². The molecule has 0 aliphatic carbocycles. The summed E-state index contributed by atoms with van der Waals surface area (Å²) in [6, 6.07) is 6.45. The maximum Gasteiger partial charge on any atom is 0.316 e. The van der Waals surface area contributed by atoms with Crippen LogP contribution in [0.2, 0.25) is 0 Å². The number of hydrogen-bond donors (Lipinski definition) is 1. The number of esters is 1. The van der Waals surface area contributed by atoms with Crippen molar-refractivity contribution in [3.63, 3.8) is 0 Å². The lowest BCUT2D eigenvalue weighted by atomic mass is 9.73. The predicted molar refractivity (Wildman–Crippen MR) is 62.2 cm³/mol. The minimum Gasteiger partial charge on any atom is -0.468 e. The molecule has 92 valence electrons. The van der Waals surface area contributed by atoms with Gasteiger partial charge in [0.05, 0.1) is 12.5 Å². The summed E-state index contributed by atoms with van der Waals surface area (Å²) in [5, 5.41) is 3.18. The van der Waals surface area contributed by atoms with Gasteiger partial charge in [-0.1, -0.05) is 18.2 Å². The lowest BCUT2D eigenvalue weighted by molar-refractivity contribution is -0.149. The zero-order chi connectivity index (χ0) is 12.3. The Hall–Kier alpha value is -1.42. The fourth-order valence-corrected chi connectivity index (χ4v) is 2.48. The zero-order valence-electron chi connectivity index (χ0n) is 9.83. The molecule has 1 heterocycles. The third kappa shape index (κ3) is 2.05. The maximum atomic E-state index is 13.9. The van der Waals surface area contributed by atoms with Crippen LogP contribution in [0.3, 0.4) is 0 Å². The van der Waals surface area contributed by atoms with Gasteiger partial charge in [0, 0.05) is 5.56 Å². The molecule has 0 radical (unpaired) electrons. The van der Waals surface area contributed by atoms with Gasteiger partial charge in [0.2, 0.25) is 0 Å². The van der Waals surface area contributed by atoms with E-state index >= 15 is 0 Å². The number of hydrogen-bond acceptors (Lipinski definition) is 3. The third-order valence-corrected chi connectivity index (χ3v) is 3.42. The normalized spacial score (nSPS) is 18.7. The summed E-state index contributed by atoms with van der Waals surface area (Å²) in [4.78, 5) is 12.0. The molecule has 1 fully saturated rings. The van der Waals surface area contributed by atoms with Crippen molar-refractivity contribution >= 4 is 5.97 Å². The van der Waals surface area contributed by atoms with Crippen LogP contribution in [-0.4, -0.2) is 26.2 Å². The number of rotatable bonds is 2. The highest BCUT2D eigenvalue weighted by Gasteiger charge is 2.43. The number of carbonyl (C=O) groups excluding carboxylic acids is 1. The number of methoxy groups -OCH3 is 1. The number of carbonyl (C=O) groups is 1. The standard InChI is InChI=1S/C13H16FNO2/c1-17-12(16)13(6-8-15-9-7-13)10-4-2-3-5-11(10)14/h2-5,15H,6-9H2,1H3.